The minimum Gasteiger partial charge on any atom is -0.465 e. The fourth-order valence-electron chi connectivity index (χ4n) is 2.71. The number of benzene rings is 2. The minimum absolute atomic E-state index is 0.0625. The molecule has 1 amide bonds. The predicted octanol–water partition coefficient (Wildman–Crippen LogP) is 3.36. The zero-order chi connectivity index (χ0) is 20.5. The second kappa shape index (κ2) is 7.28. The lowest BCUT2D eigenvalue weighted by Crippen LogP contribution is -2.15. The van der Waals surface area contributed by atoms with Crippen molar-refractivity contribution in [3.8, 4) is 5.95 Å². The number of anilines is 3. The molecule has 0 aliphatic carbocycles. The number of nitrogens with two attached hydrogens (primary N) is 2. The van der Waals surface area contributed by atoms with E-state index >= 15 is 0 Å². The van der Waals surface area contributed by atoms with Gasteiger partial charge in [-0.1, -0.05) is 42.1 Å². The number of amides is 1. The molecule has 0 fully saturated rings. The van der Waals surface area contributed by atoms with E-state index in [1.54, 1.807) is 24.3 Å². The standard InChI is InChI=1S/C18H14FN7O2S/c19-10-6-2-4-8-12(10)29-16-9-5-1-3-7-11(9)26(25-16)17-23-14(20)13(15(21)24-17)22-18(27)28/h1-8,22H,(H,27,28)(H4,20,21,23,24). The van der Waals surface area contributed by atoms with Gasteiger partial charge in [0.25, 0.3) is 5.95 Å². The van der Waals surface area contributed by atoms with Crippen LogP contribution in [0.25, 0.3) is 16.9 Å². The first-order chi connectivity index (χ1) is 13.9. The lowest BCUT2D eigenvalue weighted by molar-refractivity contribution is 0.209. The summed E-state index contributed by atoms with van der Waals surface area (Å²) in [6.45, 7) is 0. The third-order valence-electron chi connectivity index (χ3n) is 3.97. The maximum atomic E-state index is 14.1. The SMILES string of the molecule is Nc1nc(-n2nc(Sc3ccccc3F)c3ccccc32)nc(N)c1NC(=O)O. The van der Waals surface area contributed by atoms with E-state index in [1.165, 1.54) is 10.7 Å². The zero-order valence-corrected chi connectivity index (χ0v) is 15.5. The summed E-state index contributed by atoms with van der Waals surface area (Å²) >= 11 is 1.16. The summed E-state index contributed by atoms with van der Waals surface area (Å²) in [6.07, 6.45) is -1.34. The number of hydrogen-bond acceptors (Lipinski definition) is 7. The van der Waals surface area contributed by atoms with Gasteiger partial charge in [-0.25, -0.2) is 9.18 Å². The number of para-hydroxylation sites is 1. The Morgan fingerprint density at radius 1 is 1.07 bits per heavy atom. The molecule has 0 bridgehead atoms. The molecule has 0 spiro atoms. The lowest BCUT2D eigenvalue weighted by atomic mass is 10.2. The van der Waals surface area contributed by atoms with Crippen molar-refractivity contribution >= 4 is 46.1 Å². The Balaban J connectivity index is 1.83. The van der Waals surface area contributed by atoms with Crippen LogP contribution in [0, 0.1) is 5.82 Å². The van der Waals surface area contributed by atoms with Crippen molar-refractivity contribution in [3.05, 3.63) is 54.3 Å². The Labute approximate surface area is 167 Å². The lowest BCUT2D eigenvalue weighted by Gasteiger charge is -2.09. The van der Waals surface area contributed by atoms with Crippen molar-refractivity contribution in [3.63, 3.8) is 0 Å². The number of hydrogen-bond donors (Lipinski definition) is 4. The number of carboxylic acid groups (broad SMARTS) is 1. The Kier molecular flexibility index (Phi) is 4.64. The van der Waals surface area contributed by atoms with Gasteiger partial charge in [-0.05, 0) is 18.2 Å². The summed E-state index contributed by atoms with van der Waals surface area (Å²) in [7, 11) is 0. The summed E-state index contributed by atoms with van der Waals surface area (Å²) < 4.78 is 15.5. The van der Waals surface area contributed by atoms with Gasteiger partial charge in [0.05, 0.1) is 5.52 Å². The average Bonchev–Trinajstić information content (AvgIpc) is 3.05. The van der Waals surface area contributed by atoms with Crippen LogP contribution >= 0.6 is 11.8 Å². The third-order valence-corrected chi connectivity index (χ3v) is 5.02. The smallest absolute Gasteiger partial charge is 0.409 e. The highest BCUT2D eigenvalue weighted by Crippen LogP contribution is 2.35. The molecular formula is C18H14FN7O2S. The molecule has 0 unspecified atom stereocenters. The van der Waals surface area contributed by atoms with Gasteiger partial charge in [0.1, 0.15) is 16.5 Å². The molecular weight excluding hydrogens is 397 g/mol. The van der Waals surface area contributed by atoms with Crippen molar-refractivity contribution in [1.82, 2.24) is 19.7 Å². The quantitative estimate of drug-likeness (QED) is 0.400. The minimum atomic E-state index is -1.34. The Morgan fingerprint density at radius 3 is 2.41 bits per heavy atom. The van der Waals surface area contributed by atoms with Gasteiger partial charge in [0.15, 0.2) is 11.6 Å². The zero-order valence-electron chi connectivity index (χ0n) is 14.7. The highest BCUT2D eigenvalue weighted by atomic mass is 32.2. The first kappa shape index (κ1) is 18.5. The second-order valence-electron chi connectivity index (χ2n) is 5.87. The van der Waals surface area contributed by atoms with E-state index in [4.69, 9.17) is 16.6 Å². The fourth-order valence-corrected chi connectivity index (χ4v) is 3.64. The summed E-state index contributed by atoms with van der Waals surface area (Å²) in [6, 6.07) is 13.7. The Morgan fingerprint density at radius 2 is 1.72 bits per heavy atom. The van der Waals surface area contributed by atoms with E-state index in [9.17, 15) is 9.18 Å². The van der Waals surface area contributed by atoms with Crippen molar-refractivity contribution in [1.29, 1.82) is 0 Å². The van der Waals surface area contributed by atoms with E-state index in [0.717, 1.165) is 17.1 Å². The molecule has 6 N–H and O–H groups in total. The molecule has 0 saturated heterocycles. The largest absolute Gasteiger partial charge is 0.465 e. The molecule has 146 valence electrons. The fraction of sp³-hybridized carbons (Fsp3) is 0. The van der Waals surface area contributed by atoms with Crippen molar-refractivity contribution < 1.29 is 14.3 Å². The summed E-state index contributed by atoms with van der Waals surface area (Å²) in [4.78, 5) is 19.5. The number of nitrogens with one attached hydrogen (secondary N) is 1. The van der Waals surface area contributed by atoms with E-state index < -0.39 is 6.09 Å². The van der Waals surface area contributed by atoms with Crippen LogP contribution in [0.3, 0.4) is 0 Å². The Hall–Kier alpha value is -3.86. The first-order valence-electron chi connectivity index (χ1n) is 8.27. The number of fused-ring (bicyclic) bond motifs is 1. The van der Waals surface area contributed by atoms with E-state index in [1.807, 2.05) is 18.2 Å². The van der Waals surface area contributed by atoms with Crippen LogP contribution in [0.5, 0.6) is 0 Å². The van der Waals surface area contributed by atoms with E-state index in [0.29, 0.717) is 15.4 Å². The number of rotatable bonds is 4. The number of nitrogen functional groups attached to an aromatic ring is 2. The maximum Gasteiger partial charge on any atom is 0.409 e. The van der Waals surface area contributed by atoms with E-state index in [2.05, 4.69) is 20.4 Å². The number of halogens is 1. The molecule has 11 heteroatoms. The Bertz CT molecular complexity index is 1220. The van der Waals surface area contributed by atoms with Crippen molar-refractivity contribution in [2.75, 3.05) is 16.8 Å². The van der Waals surface area contributed by atoms with Crippen molar-refractivity contribution in [2.45, 2.75) is 9.92 Å². The molecule has 4 aromatic rings. The molecule has 0 aliphatic heterocycles. The molecule has 2 aromatic heterocycles. The topological polar surface area (TPSA) is 145 Å². The summed E-state index contributed by atoms with van der Waals surface area (Å²) in [5.74, 6) is -0.576. The van der Waals surface area contributed by atoms with Gasteiger partial charge >= 0.3 is 6.09 Å². The molecule has 0 radical (unpaired) electrons. The molecule has 2 heterocycles. The van der Waals surface area contributed by atoms with Gasteiger partial charge in [-0.3, -0.25) is 5.32 Å². The molecule has 9 nitrogen and oxygen atoms in total. The monoisotopic (exact) mass is 411 g/mol. The predicted molar refractivity (Wildman–Crippen MR) is 108 cm³/mol. The van der Waals surface area contributed by atoms with Crippen LogP contribution in [-0.4, -0.2) is 30.9 Å². The number of nitrogens with zero attached hydrogens (tertiary/aromatic N) is 4. The summed E-state index contributed by atoms with van der Waals surface area (Å²) in [5.41, 5.74) is 12.3. The molecule has 0 saturated carbocycles. The van der Waals surface area contributed by atoms with Gasteiger partial charge in [0.2, 0.25) is 0 Å². The van der Waals surface area contributed by atoms with Crippen LogP contribution in [0.1, 0.15) is 0 Å². The highest BCUT2D eigenvalue weighted by Gasteiger charge is 2.19. The molecule has 0 atom stereocenters. The average molecular weight is 411 g/mol. The van der Waals surface area contributed by atoms with Gasteiger partial charge < -0.3 is 16.6 Å². The van der Waals surface area contributed by atoms with Gasteiger partial charge in [-0.2, -0.15) is 19.7 Å². The van der Waals surface area contributed by atoms with Crippen LogP contribution in [0.4, 0.5) is 26.5 Å². The maximum absolute atomic E-state index is 14.1. The first-order valence-corrected chi connectivity index (χ1v) is 9.09. The van der Waals surface area contributed by atoms with E-state index in [-0.39, 0.29) is 29.1 Å². The molecule has 0 aliphatic rings. The molecule has 2 aromatic carbocycles. The van der Waals surface area contributed by atoms with Gasteiger partial charge in [-0.15, -0.1) is 0 Å². The second-order valence-corrected chi connectivity index (χ2v) is 6.90. The van der Waals surface area contributed by atoms with Crippen LogP contribution in [0.15, 0.2) is 58.5 Å². The van der Waals surface area contributed by atoms with Crippen LogP contribution in [-0.2, 0) is 0 Å². The third kappa shape index (κ3) is 3.50. The highest BCUT2D eigenvalue weighted by molar-refractivity contribution is 7.99. The number of carbonyl (C=O) groups is 1. The van der Waals surface area contributed by atoms with Gasteiger partial charge in [0, 0.05) is 10.3 Å². The van der Waals surface area contributed by atoms with Crippen LogP contribution in [0.2, 0.25) is 0 Å². The summed E-state index contributed by atoms with van der Waals surface area (Å²) in [5, 5.41) is 16.8. The molecule has 4 rings (SSSR count). The number of aromatic nitrogens is 4. The van der Waals surface area contributed by atoms with Crippen molar-refractivity contribution in [2.24, 2.45) is 0 Å². The van der Waals surface area contributed by atoms with Crippen LogP contribution < -0.4 is 16.8 Å². The normalized spacial score (nSPS) is 10.9. The molecule has 29 heavy (non-hydrogen) atoms.